The third-order valence-electron chi connectivity index (χ3n) is 2.66. The van der Waals surface area contributed by atoms with Crippen molar-refractivity contribution in [3.05, 3.63) is 85.3 Å². The van der Waals surface area contributed by atoms with Crippen LogP contribution in [0.1, 0.15) is 15.9 Å². The number of ketones is 1. The van der Waals surface area contributed by atoms with E-state index in [0.29, 0.717) is 22.6 Å². The highest BCUT2D eigenvalue weighted by molar-refractivity contribution is 6.10. The standard InChI is InChI=1S/C17H14O3/c1-3-19-14-10-11-15(16(12-14)20-4-2)17(18)13-8-6-5-7-9-13/h3-12H,1-2H2. The van der Waals surface area contributed by atoms with E-state index >= 15 is 0 Å². The molecule has 0 unspecified atom stereocenters. The summed E-state index contributed by atoms with van der Waals surface area (Å²) in [6.07, 6.45) is 2.58. The van der Waals surface area contributed by atoms with Gasteiger partial charge in [0.25, 0.3) is 0 Å². The molecule has 0 fully saturated rings. The number of hydrogen-bond donors (Lipinski definition) is 0. The molecule has 0 aromatic heterocycles. The Kier molecular flexibility index (Phi) is 4.35. The van der Waals surface area contributed by atoms with Gasteiger partial charge >= 0.3 is 0 Å². The van der Waals surface area contributed by atoms with E-state index in [1.807, 2.05) is 18.2 Å². The van der Waals surface area contributed by atoms with Gasteiger partial charge in [0.15, 0.2) is 5.78 Å². The van der Waals surface area contributed by atoms with Crippen LogP contribution in [0, 0.1) is 0 Å². The summed E-state index contributed by atoms with van der Waals surface area (Å²) in [7, 11) is 0. The molecule has 3 heteroatoms. The first-order chi connectivity index (χ1) is 9.76. The SMILES string of the molecule is C=COc1ccc(C(=O)c2ccccc2)c(OC=C)c1. The number of ether oxygens (including phenoxy) is 2. The summed E-state index contributed by atoms with van der Waals surface area (Å²) in [6, 6.07) is 14.0. The van der Waals surface area contributed by atoms with Crippen molar-refractivity contribution in [2.45, 2.75) is 0 Å². The summed E-state index contributed by atoms with van der Waals surface area (Å²) < 4.78 is 10.5. The van der Waals surface area contributed by atoms with Crippen molar-refractivity contribution in [1.29, 1.82) is 0 Å². The first kappa shape index (κ1) is 13.6. The molecule has 20 heavy (non-hydrogen) atoms. The molecule has 0 aliphatic heterocycles. The van der Waals surface area contributed by atoms with Gasteiger partial charge in [0.1, 0.15) is 11.5 Å². The van der Waals surface area contributed by atoms with Crippen molar-refractivity contribution in [2.75, 3.05) is 0 Å². The Labute approximate surface area is 117 Å². The largest absolute Gasteiger partial charge is 0.465 e. The van der Waals surface area contributed by atoms with Crippen LogP contribution >= 0.6 is 0 Å². The van der Waals surface area contributed by atoms with E-state index in [9.17, 15) is 4.79 Å². The summed E-state index contributed by atoms with van der Waals surface area (Å²) in [4.78, 5) is 12.4. The molecule has 2 rings (SSSR count). The molecular formula is C17H14O3. The van der Waals surface area contributed by atoms with Crippen LogP contribution in [0.5, 0.6) is 11.5 Å². The Morgan fingerprint density at radius 1 is 0.950 bits per heavy atom. The molecule has 2 aromatic rings. The minimum Gasteiger partial charge on any atom is -0.465 e. The molecular weight excluding hydrogens is 252 g/mol. The van der Waals surface area contributed by atoms with Gasteiger partial charge in [0.2, 0.25) is 0 Å². The lowest BCUT2D eigenvalue weighted by atomic mass is 10.0. The van der Waals surface area contributed by atoms with Crippen molar-refractivity contribution in [2.24, 2.45) is 0 Å². The lowest BCUT2D eigenvalue weighted by Gasteiger charge is -2.09. The highest BCUT2D eigenvalue weighted by atomic mass is 16.5. The van der Waals surface area contributed by atoms with Crippen molar-refractivity contribution in [1.82, 2.24) is 0 Å². The van der Waals surface area contributed by atoms with E-state index < -0.39 is 0 Å². The molecule has 100 valence electrons. The van der Waals surface area contributed by atoms with Gasteiger partial charge in [-0.05, 0) is 12.1 Å². The van der Waals surface area contributed by atoms with Gasteiger partial charge in [-0.3, -0.25) is 4.79 Å². The molecule has 0 aliphatic rings. The Balaban J connectivity index is 2.42. The van der Waals surface area contributed by atoms with E-state index in [1.54, 1.807) is 30.3 Å². The molecule has 0 radical (unpaired) electrons. The summed E-state index contributed by atoms with van der Waals surface area (Å²) in [5.74, 6) is 0.822. The maximum atomic E-state index is 12.4. The fourth-order valence-electron chi connectivity index (χ4n) is 1.79. The predicted molar refractivity (Wildman–Crippen MR) is 78.0 cm³/mol. The lowest BCUT2D eigenvalue weighted by Crippen LogP contribution is -2.03. The normalized spacial score (nSPS) is 9.60. The number of benzene rings is 2. The monoisotopic (exact) mass is 266 g/mol. The van der Waals surface area contributed by atoms with Gasteiger partial charge in [-0.1, -0.05) is 43.5 Å². The zero-order valence-corrected chi connectivity index (χ0v) is 10.9. The minimum absolute atomic E-state index is 0.118. The average Bonchev–Trinajstić information content (AvgIpc) is 2.48. The van der Waals surface area contributed by atoms with Crippen molar-refractivity contribution >= 4 is 5.78 Å². The second-order valence-corrected chi connectivity index (χ2v) is 3.92. The van der Waals surface area contributed by atoms with E-state index in [0.717, 1.165) is 0 Å². The minimum atomic E-state index is -0.118. The van der Waals surface area contributed by atoms with Crippen molar-refractivity contribution in [3.8, 4) is 11.5 Å². The van der Waals surface area contributed by atoms with Gasteiger partial charge < -0.3 is 9.47 Å². The topological polar surface area (TPSA) is 35.5 Å². The van der Waals surface area contributed by atoms with E-state index in [-0.39, 0.29) is 5.78 Å². The van der Waals surface area contributed by atoms with Gasteiger partial charge in [0.05, 0.1) is 18.1 Å². The zero-order valence-electron chi connectivity index (χ0n) is 10.9. The van der Waals surface area contributed by atoms with E-state index in [1.165, 1.54) is 12.5 Å². The molecule has 0 atom stereocenters. The smallest absolute Gasteiger partial charge is 0.196 e. The maximum absolute atomic E-state index is 12.4. The Hall–Kier alpha value is -2.81. The quantitative estimate of drug-likeness (QED) is 0.586. The number of hydrogen-bond acceptors (Lipinski definition) is 3. The first-order valence-corrected chi connectivity index (χ1v) is 6.05. The molecule has 3 nitrogen and oxygen atoms in total. The lowest BCUT2D eigenvalue weighted by molar-refractivity contribution is 0.103. The van der Waals surface area contributed by atoms with Crippen molar-refractivity contribution < 1.29 is 14.3 Å². The summed E-state index contributed by atoms with van der Waals surface area (Å²) in [6.45, 7) is 7.00. The van der Waals surface area contributed by atoms with Crippen LogP contribution in [0.2, 0.25) is 0 Å². The fraction of sp³-hybridized carbons (Fsp3) is 0. The zero-order chi connectivity index (χ0) is 14.4. The molecule has 0 aliphatic carbocycles. The third kappa shape index (κ3) is 2.95. The number of carbonyl (C=O) groups excluding carboxylic acids is 1. The van der Waals surface area contributed by atoms with Crippen LogP contribution in [0.25, 0.3) is 0 Å². The second-order valence-electron chi connectivity index (χ2n) is 3.92. The molecule has 0 N–H and O–H groups in total. The molecule has 0 heterocycles. The Morgan fingerprint density at radius 2 is 1.65 bits per heavy atom. The second kappa shape index (κ2) is 6.38. The summed E-state index contributed by atoms with van der Waals surface area (Å²) in [5.41, 5.74) is 1.05. The Bertz CT molecular complexity index is 630. The van der Waals surface area contributed by atoms with Gasteiger partial charge in [-0.2, -0.15) is 0 Å². The maximum Gasteiger partial charge on any atom is 0.196 e. The van der Waals surface area contributed by atoms with Crippen LogP contribution in [-0.4, -0.2) is 5.78 Å². The average molecular weight is 266 g/mol. The first-order valence-electron chi connectivity index (χ1n) is 6.05. The molecule has 2 aromatic carbocycles. The van der Waals surface area contributed by atoms with Gasteiger partial charge in [-0.25, -0.2) is 0 Å². The molecule has 0 spiro atoms. The van der Waals surface area contributed by atoms with E-state index in [4.69, 9.17) is 9.47 Å². The molecule has 0 saturated carbocycles. The fourth-order valence-corrected chi connectivity index (χ4v) is 1.79. The highest BCUT2D eigenvalue weighted by Crippen LogP contribution is 2.27. The van der Waals surface area contributed by atoms with Gasteiger partial charge in [-0.15, -0.1) is 0 Å². The number of carbonyl (C=O) groups is 1. The van der Waals surface area contributed by atoms with Crippen LogP contribution in [0.15, 0.2) is 74.2 Å². The summed E-state index contributed by atoms with van der Waals surface area (Å²) >= 11 is 0. The van der Waals surface area contributed by atoms with Gasteiger partial charge in [0, 0.05) is 11.6 Å². The third-order valence-corrected chi connectivity index (χ3v) is 2.66. The molecule has 0 saturated heterocycles. The highest BCUT2D eigenvalue weighted by Gasteiger charge is 2.15. The van der Waals surface area contributed by atoms with Crippen molar-refractivity contribution in [3.63, 3.8) is 0 Å². The van der Waals surface area contributed by atoms with Crippen LogP contribution in [0.3, 0.4) is 0 Å². The summed E-state index contributed by atoms with van der Waals surface area (Å²) in [5, 5.41) is 0. The molecule has 0 amide bonds. The molecule has 0 bridgehead atoms. The number of rotatable bonds is 6. The van der Waals surface area contributed by atoms with Crippen LogP contribution in [-0.2, 0) is 0 Å². The Morgan fingerprint density at radius 3 is 2.30 bits per heavy atom. The predicted octanol–water partition coefficient (Wildman–Crippen LogP) is 3.96. The van der Waals surface area contributed by atoms with Crippen LogP contribution < -0.4 is 9.47 Å². The van der Waals surface area contributed by atoms with E-state index in [2.05, 4.69) is 13.2 Å². The van der Waals surface area contributed by atoms with Crippen LogP contribution in [0.4, 0.5) is 0 Å².